The van der Waals surface area contributed by atoms with Gasteiger partial charge in [-0.3, -0.25) is 9.69 Å². The Bertz CT molecular complexity index is 473. The minimum Gasteiger partial charge on any atom is -0.398 e. The van der Waals surface area contributed by atoms with Crippen LogP contribution in [0.2, 0.25) is 0 Å². The molecule has 98 valence electrons. The fraction of sp³-hybridized carbons (Fsp3) is 0.462. The van der Waals surface area contributed by atoms with E-state index in [0.717, 1.165) is 22.3 Å². The molecule has 1 aliphatic rings. The van der Waals surface area contributed by atoms with Gasteiger partial charge in [0.15, 0.2) is 0 Å². The van der Waals surface area contributed by atoms with Crippen LogP contribution in [0.15, 0.2) is 22.7 Å². The molecule has 0 atom stereocenters. The van der Waals surface area contributed by atoms with Gasteiger partial charge in [0.05, 0.1) is 5.54 Å². The van der Waals surface area contributed by atoms with Crippen LogP contribution >= 0.6 is 15.9 Å². The number of nitrogens with two attached hydrogens (primary N) is 1. The number of amides is 1. The van der Waals surface area contributed by atoms with E-state index < -0.39 is 5.54 Å². The van der Waals surface area contributed by atoms with Crippen LogP contribution in [0.25, 0.3) is 0 Å². The van der Waals surface area contributed by atoms with E-state index in [1.54, 1.807) is 0 Å². The number of anilines is 1. The number of halogens is 1. The zero-order chi connectivity index (χ0) is 13.3. The molecule has 1 aliphatic heterocycles. The highest BCUT2D eigenvalue weighted by Crippen LogP contribution is 2.28. The zero-order valence-corrected chi connectivity index (χ0v) is 12.3. The molecule has 0 bridgehead atoms. The second-order valence-electron chi connectivity index (χ2n) is 5.06. The second kappa shape index (κ2) is 4.90. The number of carbonyl (C=O) groups is 1. The van der Waals surface area contributed by atoms with E-state index in [1.165, 1.54) is 0 Å². The second-order valence-corrected chi connectivity index (χ2v) is 5.85. The normalized spacial score (nSPS) is 19.6. The summed E-state index contributed by atoms with van der Waals surface area (Å²) in [6.45, 7) is 6.15. The van der Waals surface area contributed by atoms with Crippen LogP contribution in [0, 0.1) is 0 Å². The van der Waals surface area contributed by atoms with Crippen molar-refractivity contribution in [2.24, 2.45) is 0 Å². The van der Waals surface area contributed by atoms with Crippen molar-refractivity contribution in [3.05, 3.63) is 28.2 Å². The summed E-state index contributed by atoms with van der Waals surface area (Å²) in [6, 6.07) is 5.83. The van der Waals surface area contributed by atoms with Gasteiger partial charge in [-0.2, -0.15) is 0 Å². The van der Waals surface area contributed by atoms with Gasteiger partial charge in [-0.1, -0.05) is 12.1 Å². The minimum atomic E-state index is -0.484. The summed E-state index contributed by atoms with van der Waals surface area (Å²) in [5.41, 5.74) is 7.23. The van der Waals surface area contributed by atoms with Crippen molar-refractivity contribution in [3.8, 4) is 0 Å². The first-order valence-electron chi connectivity index (χ1n) is 5.99. The molecule has 1 fully saturated rings. The van der Waals surface area contributed by atoms with Gasteiger partial charge in [0, 0.05) is 29.8 Å². The van der Waals surface area contributed by atoms with Gasteiger partial charge in [-0.25, -0.2) is 0 Å². The maximum atomic E-state index is 11.9. The molecule has 1 aromatic carbocycles. The van der Waals surface area contributed by atoms with Gasteiger partial charge in [-0.05, 0) is 41.4 Å². The van der Waals surface area contributed by atoms with Gasteiger partial charge >= 0.3 is 0 Å². The molecule has 5 heteroatoms. The van der Waals surface area contributed by atoms with E-state index in [-0.39, 0.29) is 5.91 Å². The SMILES string of the molecule is CC1(C)C(=O)NCCN1Cc1cccc(N)c1Br. The van der Waals surface area contributed by atoms with Gasteiger partial charge in [0.1, 0.15) is 0 Å². The summed E-state index contributed by atoms with van der Waals surface area (Å²) >= 11 is 3.51. The summed E-state index contributed by atoms with van der Waals surface area (Å²) in [5, 5.41) is 2.90. The minimum absolute atomic E-state index is 0.0776. The van der Waals surface area contributed by atoms with E-state index in [9.17, 15) is 4.79 Å². The van der Waals surface area contributed by atoms with E-state index in [1.807, 2.05) is 32.0 Å². The summed E-state index contributed by atoms with van der Waals surface area (Å²) in [5.74, 6) is 0.0776. The number of benzene rings is 1. The number of hydrogen-bond donors (Lipinski definition) is 2. The number of hydrogen-bond acceptors (Lipinski definition) is 3. The number of carbonyl (C=O) groups excluding carboxylic acids is 1. The Morgan fingerprint density at radius 2 is 2.22 bits per heavy atom. The van der Waals surface area contributed by atoms with E-state index >= 15 is 0 Å². The molecule has 0 spiro atoms. The molecule has 18 heavy (non-hydrogen) atoms. The molecule has 0 saturated carbocycles. The quantitative estimate of drug-likeness (QED) is 0.818. The van der Waals surface area contributed by atoms with Crippen LogP contribution < -0.4 is 11.1 Å². The number of nitrogens with zero attached hydrogens (tertiary/aromatic N) is 1. The molecule has 4 nitrogen and oxygen atoms in total. The lowest BCUT2D eigenvalue weighted by atomic mass is 9.98. The van der Waals surface area contributed by atoms with Crippen molar-refractivity contribution in [1.82, 2.24) is 10.2 Å². The fourth-order valence-corrected chi connectivity index (χ4v) is 2.54. The van der Waals surface area contributed by atoms with Crippen molar-refractivity contribution in [2.75, 3.05) is 18.8 Å². The average molecular weight is 312 g/mol. The summed E-state index contributed by atoms with van der Waals surface area (Å²) in [7, 11) is 0. The third-order valence-corrected chi connectivity index (χ3v) is 4.45. The molecule has 0 aliphatic carbocycles. The molecular formula is C13H18BrN3O. The molecule has 0 aromatic heterocycles. The Hall–Kier alpha value is -1.07. The maximum Gasteiger partial charge on any atom is 0.240 e. The van der Waals surface area contributed by atoms with E-state index in [0.29, 0.717) is 13.1 Å². The Kier molecular flexibility index (Phi) is 3.64. The Morgan fingerprint density at radius 3 is 2.94 bits per heavy atom. The Morgan fingerprint density at radius 1 is 1.50 bits per heavy atom. The van der Waals surface area contributed by atoms with Crippen molar-refractivity contribution < 1.29 is 4.79 Å². The van der Waals surface area contributed by atoms with E-state index in [4.69, 9.17) is 5.73 Å². The zero-order valence-electron chi connectivity index (χ0n) is 10.7. The first kappa shape index (κ1) is 13.4. The van der Waals surface area contributed by atoms with E-state index in [2.05, 4.69) is 26.1 Å². The molecule has 1 amide bonds. The van der Waals surface area contributed by atoms with Crippen molar-refractivity contribution >= 4 is 27.5 Å². The molecule has 0 radical (unpaired) electrons. The smallest absolute Gasteiger partial charge is 0.240 e. The Balaban J connectivity index is 2.23. The van der Waals surface area contributed by atoms with Gasteiger partial charge in [0.25, 0.3) is 0 Å². The van der Waals surface area contributed by atoms with Crippen LogP contribution in [0.1, 0.15) is 19.4 Å². The summed E-state index contributed by atoms with van der Waals surface area (Å²) in [4.78, 5) is 14.1. The highest BCUT2D eigenvalue weighted by Gasteiger charge is 2.37. The van der Waals surface area contributed by atoms with Crippen LogP contribution in [0.5, 0.6) is 0 Å². The lowest BCUT2D eigenvalue weighted by molar-refractivity contribution is -0.135. The number of rotatable bonds is 2. The van der Waals surface area contributed by atoms with Crippen molar-refractivity contribution in [1.29, 1.82) is 0 Å². The fourth-order valence-electron chi connectivity index (χ4n) is 2.15. The van der Waals surface area contributed by atoms with Gasteiger partial charge in [-0.15, -0.1) is 0 Å². The number of piperazine rings is 1. The lowest BCUT2D eigenvalue weighted by Gasteiger charge is -2.41. The van der Waals surface area contributed by atoms with Crippen LogP contribution in [-0.4, -0.2) is 29.4 Å². The van der Waals surface area contributed by atoms with Crippen molar-refractivity contribution in [2.45, 2.75) is 25.9 Å². The van der Waals surface area contributed by atoms with Gasteiger partial charge < -0.3 is 11.1 Å². The number of nitrogens with one attached hydrogen (secondary N) is 1. The van der Waals surface area contributed by atoms with Crippen LogP contribution in [-0.2, 0) is 11.3 Å². The summed E-state index contributed by atoms with van der Waals surface area (Å²) < 4.78 is 0.923. The largest absolute Gasteiger partial charge is 0.398 e. The number of nitrogen functional groups attached to an aromatic ring is 1. The predicted octanol–water partition coefficient (Wildman–Crippen LogP) is 1.74. The highest BCUT2D eigenvalue weighted by atomic mass is 79.9. The lowest BCUT2D eigenvalue weighted by Crippen LogP contribution is -2.61. The molecule has 1 aromatic rings. The van der Waals surface area contributed by atoms with Crippen LogP contribution in [0.3, 0.4) is 0 Å². The molecular weight excluding hydrogens is 294 g/mol. The molecule has 2 rings (SSSR count). The Labute approximate surface area is 116 Å². The average Bonchev–Trinajstić information content (AvgIpc) is 2.31. The third-order valence-electron chi connectivity index (χ3n) is 3.48. The van der Waals surface area contributed by atoms with Gasteiger partial charge in [0.2, 0.25) is 5.91 Å². The topological polar surface area (TPSA) is 58.4 Å². The highest BCUT2D eigenvalue weighted by molar-refractivity contribution is 9.10. The third kappa shape index (κ3) is 2.37. The predicted molar refractivity (Wildman–Crippen MR) is 76.1 cm³/mol. The van der Waals surface area contributed by atoms with Crippen LogP contribution in [0.4, 0.5) is 5.69 Å². The molecule has 1 saturated heterocycles. The maximum absolute atomic E-state index is 11.9. The monoisotopic (exact) mass is 311 g/mol. The molecule has 1 heterocycles. The summed E-state index contributed by atoms with van der Waals surface area (Å²) in [6.07, 6.45) is 0. The molecule has 0 unspecified atom stereocenters. The first-order valence-corrected chi connectivity index (χ1v) is 6.78. The molecule has 3 N–H and O–H groups in total. The first-order chi connectivity index (χ1) is 8.43. The van der Waals surface area contributed by atoms with Crippen molar-refractivity contribution in [3.63, 3.8) is 0 Å². The standard InChI is InChI=1S/C13H18BrN3O/c1-13(2)12(18)16-6-7-17(13)8-9-4-3-5-10(15)11(9)14/h3-5H,6-8,15H2,1-2H3,(H,16,18).